The van der Waals surface area contributed by atoms with Crippen molar-refractivity contribution < 1.29 is 28.0 Å². The molecule has 8 N–H and O–H groups in total. The quantitative estimate of drug-likeness (QED) is 0.0359. The minimum absolute atomic E-state index is 0.0149. The van der Waals surface area contributed by atoms with E-state index in [1.807, 2.05) is 24.3 Å². The molecule has 10 rings (SSSR count). The summed E-state index contributed by atoms with van der Waals surface area (Å²) in [5.41, 5.74) is 15.8. The number of nitrogen functional groups attached to an aromatic ring is 1. The first-order valence-corrected chi connectivity index (χ1v) is 25.4. The topological polar surface area (TPSA) is 237 Å². The van der Waals surface area contributed by atoms with Gasteiger partial charge in [0.1, 0.15) is 17.7 Å². The van der Waals surface area contributed by atoms with E-state index < -0.39 is 6.04 Å². The van der Waals surface area contributed by atoms with Gasteiger partial charge in [0.25, 0.3) is 11.8 Å². The number of pyridine rings is 4. The van der Waals surface area contributed by atoms with Crippen molar-refractivity contribution in [3.63, 3.8) is 0 Å². The Morgan fingerprint density at radius 1 is 0.711 bits per heavy atom. The van der Waals surface area contributed by atoms with E-state index in [2.05, 4.69) is 62.3 Å². The van der Waals surface area contributed by atoms with Gasteiger partial charge in [-0.1, -0.05) is 47.5 Å². The van der Waals surface area contributed by atoms with Crippen LogP contribution in [0.3, 0.4) is 0 Å². The molecule has 2 saturated heterocycles. The van der Waals surface area contributed by atoms with E-state index in [1.54, 1.807) is 60.8 Å². The van der Waals surface area contributed by atoms with Gasteiger partial charge >= 0.3 is 0 Å². The van der Waals surface area contributed by atoms with Crippen LogP contribution in [0.2, 0.25) is 10.0 Å². The average Bonchev–Trinajstić information content (AvgIpc) is 3.80. The zero-order valence-electron chi connectivity index (χ0n) is 40.9. The van der Waals surface area contributed by atoms with E-state index in [-0.39, 0.29) is 86.3 Å². The number of anilines is 2. The van der Waals surface area contributed by atoms with Gasteiger partial charge in [-0.05, 0) is 120 Å². The molecule has 0 radical (unpaired) electrons. The predicted molar refractivity (Wildman–Crippen MR) is 291 cm³/mol. The fourth-order valence-electron chi connectivity index (χ4n) is 9.30. The minimum atomic E-state index is -0.412. The average molecular weight is 1110 g/mol. The standard InChI is InChI=1S/C26H25ClFN7O2S.C15H11FN2S.C11H14ClN5O2/c1-35-13-16(10-22(35)36)31-25(37)15-9-20(27)24(30-11-15)33-34-26(38)32-23-18-3-2-4-21(28)17(18)6-5-14-7-8-29-12-19(14)23;16-14-3-1-2-12-11(14)5-4-10-6-7-17-8-13(10)15(12)18-9-19;1-17-5-7(3-9(17)18)15-11(19)6-2-8(12)10(16-13)14-4-6/h2-4,7-9,11-12,16,23H,5-6,10,13H2,1H3,(H,30,33)(H,31,37)(H2,32,34,38);1-3,6-8,15H,4-5H2;2,4,7H,3,5,13H2,1H3,(H,14,16)(H,15,19)/t;;7-/m..0/s1. The van der Waals surface area contributed by atoms with Gasteiger partial charge in [-0.15, -0.1) is 0 Å². The lowest BCUT2D eigenvalue weighted by molar-refractivity contribution is -0.127. The molecule has 2 aliphatic heterocycles. The molecule has 2 aliphatic carbocycles. The molecule has 0 bridgehead atoms. The van der Waals surface area contributed by atoms with E-state index in [0.717, 1.165) is 45.4 Å². The van der Waals surface area contributed by atoms with Gasteiger partial charge in [-0.2, -0.15) is 0 Å². The van der Waals surface area contributed by atoms with Crippen molar-refractivity contribution in [2.24, 2.45) is 10.8 Å². The number of likely N-dealkylation sites (N-methyl/N-ethyl adjacent to an activating group) is 2. The van der Waals surface area contributed by atoms with Crippen molar-refractivity contribution in [1.82, 2.24) is 51.1 Å². The smallest absolute Gasteiger partial charge is 0.253 e. The lowest BCUT2D eigenvalue weighted by atomic mass is 9.96. The second kappa shape index (κ2) is 24.8. The van der Waals surface area contributed by atoms with Crippen LogP contribution in [0, 0.1) is 11.6 Å². The van der Waals surface area contributed by atoms with Crippen molar-refractivity contribution in [3.8, 4) is 0 Å². The van der Waals surface area contributed by atoms with Crippen LogP contribution in [-0.2, 0) is 35.3 Å². The summed E-state index contributed by atoms with van der Waals surface area (Å²) in [5, 5.41) is 12.0. The molecule has 76 heavy (non-hydrogen) atoms. The maximum Gasteiger partial charge on any atom is 0.253 e. The zero-order chi connectivity index (χ0) is 54.0. The highest BCUT2D eigenvalue weighted by atomic mass is 35.5. The Morgan fingerprint density at radius 2 is 1.22 bits per heavy atom. The molecule has 6 heterocycles. The van der Waals surface area contributed by atoms with Crippen molar-refractivity contribution in [3.05, 3.63) is 175 Å². The molecular weight excluding hydrogens is 1060 g/mol. The number of fused-ring (bicyclic) bond motifs is 4. The van der Waals surface area contributed by atoms with E-state index in [1.165, 1.54) is 36.7 Å². The van der Waals surface area contributed by atoms with Gasteiger partial charge in [0.05, 0.1) is 44.5 Å². The number of hydrogen-bond donors (Lipinski definition) is 7. The van der Waals surface area contributed by atoms with Crippen LogP contribution in [0.25, 0.3) is 0 Å². The number of rotatable bonds is 9. The van der Waals surface area contributed by atoms with E-state index in [9.17, 15) is 28.0 Å². The number of nitrogens with two attached hydrogens (primary N) is 1. The number of nitrogens with zero attached hydrogens (tertiary/aromatic N) is 7. The minimum Gasteiger partial charge on any atom is -0.350 e. The fraction of sp³-hybridized carbons (Fsp3) is 0.269. The number of hydrogen-bond acceptors (Lipinski definition) is 14. The van der Waals surface area contributed by atoms with E-state index in [0.29, 0.717) is 55.7 Å². The molecule has 2 aromatic carbocycles. The van der Waals surface area contributed by atoms with Crippen LogP contribution >= 0.6 is 47.6 Å². The van der Waals surface area contributed by atoms with Crippen LogP contribution < -0.4 is 38.1 Å². The Hall–Kier alpha value is -7.59. The highest BCUT2D eigenvalue weighted by Crippen LogP contribution is 2.36. The van der Waals surface area contributed by atoms with Crippen molar-refractivity contribution in [2.75, 3.05) is 38.0 Å². The molecule has 4 aliphatic rings. The molecule has 4 amide bonds. The van der Waals surface area contributed by atoms with Gasteiger partial charge in [-0.25, -0.2) is 29.6 Å². The van der Waals surface area contributed by atoms with Crippen LogP contribution in [0.5, 0.6) is 0 Å². The Balaban J connectivity index is 0.000000168. The first kappa shape index (κ1) is 54.7. The number of carbonyl (C=O) groups excluding carboxylic acids is 4. The maximum absolute atomic E-state index is 14.7. The second-order valence-electron chi connectivity index (χ2n) is 18.1. The highest BCUT2D eigenvalue weighted by Gasteiger charge is 2.31. The summed E-state index contributed by atoms with van der Waals surface area (Å²) >= 11 is 22.5. The van der Waals surface area contributed by atoms with Crippen LogP contribution in [0.4, 0.5) is 20.4 Å². The Bertz CT molecular complexity index is 3260. The van der Waals surface area contributed by atoms with Crippen molar-refractivity contribution >= 4 is 93.2 Å². The van der Waals surface area contributed by atoms with Crippen LogP contribution in [0.1, 0.15) is 90.1 Å². The molecule has 4 aromatic heterocycles. The molecule has 18 nitrogen and oxygen atoms in total. The summed E-state index contributed by atoms with van der Waals surface area (Å²) in [6, 6.07) is 15.8. The number of amides is 4. The van der Waals surface area contributed by atoms with Gasteiger partial charge in [0.15, 0.2) is 16.7 Å². The summed E-state index contributed by atoms with van der Waals surface area (Å²) in [5.74, 6) is 4.66. The van der Waals surface area contributed by atoms with Crippen LogP contribution in [-0.4, -0.2) is 103 Å². The molecule has 3 unspecified atom stereocenters. The Labute approximate surface area is 456 Å². The first-order chi connectivity index (χ1) is 36.6. The number of aryl methyl sites for hydroxylation is 2. The van der Waals surface area contributed by atoms with Crippen molar-refractivity contribution in [1.29, 1.82) is 0 Å². The number of aliphatic imine (C=N–C) groups is 1. The fourth-order valence-corrected chi connectivity index (χ4v) is 10.0. The maximum atomic E-state index is 14.7. The number of thiocarbonyl (C=S) groups is 2. The monoisotopic (exact) mass is 1110 g/mol. The number of hydrazine groups is 2. The van der Waals surface area contributed by atoms with Gasteiger partial charge < -0.3 is 31.2 Å². The molecule has 0 saturated carbocycles. The number of aromatic nitrogens is 4. The third-order valence-electron chi connectivity index (χ3n) is 13.2. The number of carbonyl (C=O) groups is 4. The number of halogens is 4. The number of likely N-dealkylation sites (tertiary alicyclic amines) is 2. The van der Waals surface area contributed by atoms with E-state index >= 15 is 0 Å². The molecule has 392 valence electrons. The van der Waals surface area contributed by atoms with Gasteiger partial charge in [0, 0.05) is 88.3 Å². The predicted octanol–water partition coefficient (Wildman–Crippen LogP) is 6.40. The van der Waals surface area contributed by atoms with Crippen LogP contribution in [0.15, 0.2) is 103 Å². The second-order valence-corrected chi connectivity index (χ2v) is 19.5. The molecular formula is C52H50Cl2F2N14O4S2. The summed E-state index contributed by atoms with van der Waals surface area (Å²) < 4.78 is 28.6. The first-order valence-electron chi connectivity index (χ1n) is 23.8. The molecule has 4 atom stereocenters. The third-order valence-corrected chi connectivity index (χ3v) is 14.1. The lowest BCUT2D eigenvalue weighted by Gasteiger charge is -2.23. The van der Waals surface area contributed by atoms with Gasteiger partial charge in [0.2, 0.25) is 11.8 Å². The normalized spacial score (nSPS) is 17.9. The number of benzene rings is 2. The molecule has 0 spiro atoms. The lowest BCUT2D eigenvalue weighted by Crippen LogP contribution is -2.41. The summed E-state index contributed by atoms with van der Waals surface area (Å²) in [4.78, 5) is 71.6. The van der Waals surface area contributed by atoms with Crippen molar-refractivity contribution in [2.45, 2.75) is 62.7 Å². The Kier molecular flexibility index (Phi) is 17.9. The molecule has 6 aromatic rings. The van der Waals surface area contributed by atoms with Gasteiger partial charge in [-0.3, -0.25) is 40.0 Å². The summed E-state index contributed by atoms with van der Waals surface area (Å²) in [6.45, 7) is 0.965. The molecule has 24 heteroatoms. The highest BCUT2D eigenvalue weighted by molar-refractivity contribution is 7.80. The summed E-state index contributed by atoms with van der Waals surface area (Å²) in [7, 11) is 3.40. The zero-order valence-corrected chi connectivity index (χ0v) is 44.0. The largest absolute Gasteiger partial charge is 0.350 e. The Morgan fingerprint density at radius 3 is 1.74 bits per heavy atom. The third kappa shape index (κ3) is 12.9. The number of isothiocyanates is 1. The SMILES string of the molecule is CN1CC(NC(=O)c2cnc(NNC(=S)NC3c4cnccc4CCc4c(F)cccc43)c(Cl)c2)CC1=O.CN1C[C@@H](NC(=O)c2cnc(NN)c(Cl)c2)CC1=O.Fc1cccc2c1CCc1ccncc1C2N=C=S. The van der Waals surface area contributed by atoms with E-state index in [4.69, 9.17) is 53.5 Å². The molecule has 2 fully saturated rings. The summed E-state index contributed by atoms with van der Waals surface area (Å²) in [6.07, 6.45) is 13.1. The number of nitrogens with one attached hydrogen (secondary N) is 6.